The van der Waals surface area contributed by atoms with Crippen LogP contribution in [0.15, 0.2) is 41.8 Å². The first kappa shape index (κ1) is 27.0. The Labute approximate surface area is 242 Å². The third kappa shape index (κ3) is 4.76. The number of ether oxygens (including phenoxy) is 1. The zero-order chi connectivity index (χ0) is 28.8. The maximum absolute atomic E-state index is 16.3. The van der Waals surface area contributed by atoms with Gasteiger partial charge in [-0.05, 0) is 31.0 Å². The molecule has 3 aromatic heterocycles. The van der Waals surface area contributed by atoms with E-state index in [0.717, 1.165) is 17.2 Å². The minimum atomic E-state index is -0.867. The molecule has 1 N–H and O–H groups in total. The number of carbonyl (C=O) groups excluding carboxylic acids is 1. The van der Waals surface area contributed by atoms with Crippen molar-refractivity contribution in [2.24, 2.45) is 0 Å². The van der Waals surface area contributed by atoms with Crippen LogP contribution in [0.1, 0.15) is 17.0 Å². The van der Waals surface area contributed by atoms with Crippen LogP contribution in [0.5, 0.6) is 6.01 Å². The zero-order valence-corrected chi connectivity index (χ0v) is 23.9. The number of aromatic nitrogens is 5. The summed E-state index contributed by atoms with van der Waals surface area (Å²) in [7, 11) is 3.21. The fourth-order valence-electron chi connectivity index (χ4n) is 5.19. The van der Waals surface area contributed by atoms with E-state index in [4.69, 9.17) is 16.3 Å². The van der Waals surface area contributed by atoms with Gasteiger partial charge in [0.25, 0.3) is 5.91 Å². The largest absolute Gasteiger partial charge is 0.467 e. The summed E-state index contributed by atoms with van der Waals surface area (Å²) in [6, 6.07) is 5.05. The quantitative estimate of drug-likeness (QED) is 0.248. The molecule has 13 heteroatoms. The van der Waals surface area contributed by atoms with Crippen LogP contribution >= 0.6 is 22.9 Å². The highest BCUT2D eigenvalue weighted by Crippen LogP contribution is 2.41. The number of rotatable bonds is 6. The lowest BCUT2D eigenvalue weighted by molar-refractivity contribution is -0.127. The number of H-pyrrole nitrogens is 1. The molecule has 2 aromatic carbocycles. The van der Waals surface area contributed by atoms with Crippen molar-refractivity contribution in [2.45, 2.75) is 19.4 Å². The van der Waals surface area contributed by atoms with Crippen molar-refractivity contribution in [3.05, 3.63) is 63.2 Å². The summed E-state index contributed by atoms with van der Waals surface area (Å²) in [4.78, 5) is 28.9. The predicted octanol–water partition coefficient (Wildman–Crippen LogP) is 5.79. The van der Waals surface area contributed by atoms with Crippen LogP contribution in [-0.4, -0.2) is 69.2 Å². The first-order valence-electron chi connectivity index (χ1n) is 12.7. The average Bonchev–Trinajstić information content (AvgIpc) is 3.76. The van der Waals surface area contributed by atoms with E-state index in [-0.39, 0.29) is 29.7 Å². The van der Waals surface area contributed by atoms with Crippen LogP contribution in [-0.2, 0) is 4.79 Å². The summed E-state index contributed by atoms with van der Waals surface area (Å²) in [6.45, 7) is 2.47. The maximum Gasteiger partial charge on any atom is 0.318 e. The van der Waals surface area contributed by atoms with Crippen LogP contribution in [0.2, 0.25) is 5.02 Å². The summed E-state index contributed by atoms with van der Waals surface area (Å²) in [6.07, 6.45) is 4.87. The number of aromatic amines is 1. The second-order valence-electron chi connectivity index (χ2n) is 9.74. The molecule has 5 aromatic rings. The maximum atomic E-state index is 16.3. The molecular weight excluding hydrogens is 572 g/mol. The van der Waals surface area contributed by atoms with Gasteiger partial charge in [-0.15, -0.1) is 11.3 Å². The Bertz CT molecular complexity index is 1830. The Kier molecular flexibility index (Phi) is 7.04. The predicted molar refractivity (Wildman–Crippen MR) is 155 cm³/mol. The Morgan fingerprint density at radius 2 is 2.15 bits per heavy atom. The molecule has 0 saturated carbocycles. The average molecular weight is 596 g/mol. The number of carbonyl (C=O) groups is 1. The summed E-state index contributed by atoms with van der Waals surface area (Å²) < 4.78 is 36.3. The number of nitrogens with one attached hydrogen (secondary N) is 1. The molecule has 0 aliphatic carbocycles. The molecule has 1 atom stereocenters. The number of nitrogens with zero attached hydrogens (tertiary/aromatic N) is 6. The van der Waals surface area contributed by atoms with Gasteiger partial charge in [-0.1, -0.05) is 17.7 Å². The van der Waals surface area contributed by atoms with Crippen molar-refractivity contribution in [3.63, 3.8) is 0 Å². The Morgan fingerprint density at radius 3 is 2.90 bits per heavy atom. The normalized spacial score (nSPS) is 15.7. The molecule has 1 saturated heterocycles. The molecule has 0 bridgehead atoms. The molecule has 0 spiro atoms. The molecule has 1 fully saturated rings. The van der Waals surface area contributed by atoms with Gasteiger partial charge in [0.1, 0.15) is 16.3 Å². The number of likely N-dealkylation sites (N-methyl/N-ethyl adjacent to an activating group) is 1. The van der Waals surface area contributed by atoms with Gasteiger partial charge in [-0.2, -0.15) is 15.1 Å². The Morgan fingerprint density at radius 1 is 1.32 bits per heavy atom. The number of anilines is 1. The highest BCUT2D eigenvalue weighted by atomic mass is 35.5. The summed E-state index contributed by atoms with van der Waals surface area (Å²) in [5, 5.41) is 10.7. The number of fused-ring (bicyclic) bond motifs is 2. The van der Waals surface area contributed by atoms with Crippen molar-refractivity contribution in [1.29, 1.82) is 0 Å². The van der Waals surface area contributed by atoms with Crippen LogP contribution in [0.3, 0.4) is 0 Å². The van der Waals surface area contributed by atoms with Gasteiger partial charge in [0.2, 0.25) is 0 Å². The number of likely N-dealkylation sites (tertiary alicyclic amines) is 1. The molecule has 1 aliphatic rings. The number of hydrogen-bond donors (Lipinski definition) is 1. The molecule has 9 nitrogen and oxygen atoms in total. The van der Waals surface area contributed by atoms with E-state index < -0.39 is 17.6 Å². The summed E-state index contributed by atoms with van der Waals surface area (Å²) in [5.41, 5.74) is 2.36. The molecule has 4 heterocycles. The number of halogens is 3. The zero-order valence-electron chi connectivity index (χ0n) is 22.3. The third-order valence-corrected chi connectivity index (χ3v) is 8.53. The molecule has 1 amide bonds. The number of methoxy groups -OCH3 is 1. The Hall–Kier alpha value is -4.16. The smallest absolute Gasteiger partial charge is 0.318 e. The molecule has 41 heavy (non-hydrogen) atoms. The number of amides is 1. The van der Waals surface area contributed by atoms with E-state index >= 15 is 4.39 Å². The topological polar surface area (TPSA) is 100 Å². The molecule has 0 radical (unpaired) electrons. The summed E-state index contributed by atoms with van der Waals surface area (Å²) in [5.74, 6) is -1.71. The van der Waals surface area contributed by atoms with Crippen LogP contribution in [0, 0.1) is 12.7 Å². The standard InChI is InChI=1S/C28H24ClF2N7O2S/c1-14-10-20-18(12-33-36-20)22(23(14)29)16-4-5-17-25(24(16)31)34-28(40-3)35-26(17)37(2)15-6-8-38(13-15)27(39)19(30)11-21-32-7-9-41-21/h4-5,7,9-12,15H,6,8,13H2,1-3H3,(H,33,36)/b19-11-. The fraction of sp³-hybridized carbons (Fsp3) is 0.250. The molecule has 210 valence electrons. The van der Waals surface area contributed by atoms with Crippen molar-refractivity contribution in [3.8, 4) is 17.1 Å². The van der Waals surface area contributed by atoms with E-state index in [9.17, 15) is 9.18 Å². The van der Waals surface area contributed by atoms with Crippen molar-refractivity contribution in [1.82, 2.24) is 30.0 Å². The molecule has 1 aliphatic heterocycles. The van der Waals surface area contributed by atoms with Crippen molar-refractivity contribution >= 4 is 62.5 Å². The molecular formula is C28H24ClF2N7O2S. The van der Waals surface area contributed by atoms with Crippen molar-refractivity contribution < 1.29 is 18.3 Å². The van der Waals surface area contributed by atoms with Crippen LogP contribution < -0.4 is 9.64 Å². The first-order chi connectivity index (χ1) is 19.8. The van der Waals surface area contributed by atoms with Crippen LogP contribution in [0.25, 0.3) is 39.0 Å². The van der Waals surface area contributed by atoms with E-state index in [1.165, 1.54) is 23.3 Å². The highest BCUT2D eigenvalue weighted by molar-refractivity contribution is 7.10. The van der Waals surface area contributed by atoms with E-state index in [0.29, 0.717) is 45.1 Å². The third-order valence-electron chi connectivity index (χ3n) is 7.32. The van der Waals surface area contributed by atoms with Gasteiger partial charge >= 0.3 is 6.01 Å². The lowest BCUT2D eigenvalue weighted by Crippen LogP contribution is -2.37. The summed E-state index contributed by atoms with van der Waals surface area (Å²) >= 11 is 7.92. The van der Waals surface area contributed by atoms with Gasteiger partial charge in [0.05, 0.1) is 23.8 Å². The van der Waals surface area contributed by atoms with Gasteiger partial charge in [0, 0.05) is 65.7 Å². The monoisotopic (exact) mass is 595 g/mol. The number of hydrogen-bond acceptors (Lipinski definition) is 8. The second kappa shape index (κ2) is 10.7. The lowest BCUT2D eigenvalue weighted by Gasteiger charge is -2.27. The number of aryl methyl sites for hydroxylation is 1. The van der Waals surface area contributed by atoms with Gasteiger partial charge in [-0.3, -0.25) is 9.89 Å². The van der Waals surface area contributed by atoms with Gasteiger partial charge in [0.15, 0.2) is 11.6 Å². The fourth-order valence-corrected chi connectivity index (χ4v) is 6.00. The highest BCUT2D eigenvalue weighted by Gasteiger charge is 2.32. The van der Waals surface area contributed by atoms with E-state index in [2.05, 4.69) is 25.1 Å². The second-order valence-corrected chi connectivity index (χ2v) is 11.0. The number of thiazole rings is 1. The molecule has 1 unspecified atom stereocenters. The van der Waals surface area contributed by atoms with Crippen molar-refractivity contribution in [2.75, 3.05) is 32.1 Å². The van der Waals surface area contributed by atoms with Gasteiger partial charge < -0.3 is 14.5 Å². The minimum absolute atomic E-state index is 0.0115. The Balaban J connectivity index is 1.36. The minimum Gasteiger partial charge on any atom is -0.467 e. The van der Waals surface area contributed by atoms with Gasteiger partial charge in [-0.25, -0.2) is 13.8 Å². The first-order valence-corrected chi connectivity index (χ1v) is 14.0. The number of benzene rings is 2. The molecule has 6 rings (SSSR count). The van der Waals surface area contributed by atoms with Crippen LogP contribution in [0.4, 0.5) is 14.6 Å². The van der Waals surface area contributed by atoms with E-state index in [1.807, 2.05) is 17.9 Å². The lowest BCUT2D eigenvalue weighted by atomic mass is 9.97. The SMILES string of the molecule is COc1nc(N(C)C2CCN(C(=O)/C(F)=C/c3nccs3)C2)c2ccc(-c3c(Cl)c(C)cc4[nH]ncc34)c(F)c2n1. The van der Waals surface area contributed by atoms with E-state index in [1.54, 1.807) is 37.0 Å².